The van der Waals surface area contributed by atoms with Crippen molar-refractivity contribution in [3.05, 3.63) is 53.6 Å². The second-order valence-electron chi connectivity index (χ2n) is 3.67. The molecule has 0 spiro atoms. The van der Waals surface area contributed by atoms with Crippen molar-refractivity contribution in [1.82, 2.24) is 4.98 Å². The van der Waals surface area contributed by atoms with Gasteiger partial charge in [-0.25, -0.2) is 0 Å². The molecule has 0 N–H and O–H groups in total. The minimum Gasteiger partial charge on any atom is -0.459 e. The van der Waals surface area contributed by atoms with Crippen LogP contribution < -0.4 is 4.74 Å². The molecule has 2 heteroatoms. The number of hydrogen-bond donors (Lipinski definition) is 0. The topological polar surface area (TPSA) is 22.1 Å². The summed E-state index contributed by atoms with van der Waals surface area (Å²) in [4.78, 5) is 4.08. The molecule has 0 unspecified atom stereocenters. The molecule has 2 aliphatic rings. The zero-order valence-corrected chi connectivity index (χ0v) is 8.31. The molecule has 3 rings (SSSR count). The molecule has 2 nitrogen and oxygen atoms in total. The van der Waals surface area contributed by atoms with E-state index >= 15 is 0 Å². The Hall–Kier alpha value is -1.83. The maximum absolute atomic E-state index is 5.86. The maximum atomic E-state index is 5.86. The van der Waals surface area contributed by atoms with Crippen LogP contribution in [0, 0.1) is 0 Å². The summed E-state index contributed by atoms with van der Waals surface area (Å²) >= 11 is 0. The van der Waals surface area contributed by atoms with Crippen molar-refractivity contribution >= 4 is 6.08 Å². The first kappa shape index (κ1) is 8.48. The Morgan fingerprint density at radius 3 is 3.20 bits per heavy atom. The Kier molecular flexibility index (Phi) is 1.91. The molecule has 0 saturated carbocycles. The molecule has 15 heavy (non-hydrogen) atoms. The third-order valence-electron chi connectivity index (χ3n) is 2.65. The number of aromatic nitrogens is 1. The van der Waals surface area contributed by atoms with Crippen molar-refractivity contribution in [3.8, 4) is 5.75 Å². The van der Waals surface area contributed by atoms with E-state index < -0.39 is 0 Å². The Labute approximate surface area is 88.6 Å². The van der Waals surface area contributed by atoms with Gasteiger partial charge in [0.05, 0.1) is 6.20 Å². The van der Waals surface area contributed by atoms with Gasteiger partial charge in [0.15, 0.2) is 5.75 Å². The van der Waals surface area contributed by atoms with Crippen molar-refractivity contribution in [2.75, 3.05) is 0 Å². The number of rotatable bonds is 0. The van der Waals surface area contributed by atoms with Crippen molar-refractivity contribution in [2.24, 2.45) is 0 Å². The van der Waals surface area contributed by atoms with E-state index in [2.05, 4.69) is 29.3 Å². The Morgan fingerprint density at radius 2 is 2.20 bits per heavy atom. The first-order chi connectivity index (χ1) is 7.43. The van der Waals surface area contributed by atoms with Gasteiger partial charge >= 0.3 is 0 Å². The summed E-state index contributed by atoms with van der Waals surface area (Å²) in [5, 5.41) is 0. The summed E-state index contributed by atoms with van der Waals surface area (Å²) in [5.41, 5.74) is 2.27. The third kappa shape index (κ3) is 1.48. The lowest BCUT2D eigenvalue weighted by molar-refractivity contribution is 0.398. The Morgan fingerprint density at radius 1 is 1.20 bits per heavy atom. The number of fused-ring (bicyclic) bond motifs is 1. The SMILES string of the molecule is C1=CC2=C(CC1)Oc1cnccc1C=C2. The summed E-state index contributed by atoms with van der Waals surface area (Å²) in [6, 6.07) is 1.97. The molecule has 0 bridgehead atoms. The van der Waals surface area contributed by atoms with Gasteiger partial charge in [0.1, 0.15) is 5.76 Å². The van der Waals surface area contributed by atoms with Crippen LogP contribution in [0.5, 0.6) is 5.75 Å². The van der Waals surface area contributed by atoms with Crippen LogP contribution in [0.1, 0.15) is 18.4 Å². The highest BCUT2D eigenvalue weighted by Gasteiger charge is 2.13. The van der Waals surface area contributed by atoms with E-state index in [9.17, 15) is 0 Å². The van der Waals surface area contributed by atoms with Gasteiger partial charge in [-0.1, -0.05) is 24.3 Å². The molecule has 2 heterocycles. The third-order valence-corrected chi connectivity index (χ3v) is 2.65. The summed E-state index contributed by atoms with van der Waals surface area (Å²) < 4.78 is 5.86. The van der Waals surface area contributed by atoms with Crippen LogP contribution in [-0.2, 0) is 0 Å². The monoisotopic (exact) mass is 197 g/mol. The first-order valence-corrected chi connectivity index (χ1v) is 5.13. The Balaban J connectivity index is 2.09. The van der Waals surface area contributed by atoms with E-state index in [-0.39, 0.29) is 0 Å². The minimum atomic E-state index is 0.856. The quantitative estimate of drug-likeness (QED) is 0.637. The summed E-state index contributed by atoms with van der Waals surface area (Å²) in [6.07, 6.45) is 14.1. The molecule has 0 aromatic carbocycles. The Bertz CT molecular complexity index is 483. The smallest absolute Gasteiger partial charge is 0.152 e. The lowest BCUT2D eigenvalue weighted by Crippen LogP contribution is -2.01. The van der Waals surface area contributed by atoms with Crippen molar-refractivity contribution in [3.63, 3.8) is 0 Å². The summed E-state index contributed by atoms with van der Waals surface area (Å²) in [7, 11) is 0. The zero-order chi connectivity index (χ0) is 10.1. The number of pyridine rings is 1. The van der Waals surface area contributed by atoms with Crippen molar-refractivity contribution in [2.45, 2.75) is 12.8 Å². The second kappa shape index (κ2) is 3.39. The van der Waals surface area contributed by atoms with Crippen LogP contribution in [0.2, 0.25) is 0 Å². The van der Waals surface area contributed by atoms with E-state index in [1.165, 1.54) is 5.57 Å². The highest BCUT2D eigenvalue weighted by atomic mass is 16.5. The second-order valence-corrected chi connectivity index (χ2v) is 3.67. The molecule has 1 aliphatic carbocycles. The summed E-state index contributed by atoms with van der Waals surface area (Å²) in [6.45, 7) is 0. The van der Waals surface area contributed by atoms with E-state index in [0.29, 0.717) is 0 Å². The summed E-state index contributed by atoms with van der Waals surface area (Å²) in [5.74, 6) is 1.91. The van der Waals surface area contributed by atoms with E-state index in [0.717, 1.165) is 29.9 Å². The molecular weight excluding hydrogens is 186 g/mol. The van der Waals surface area contributed by atoms with Gasteiger partial charge in [-0.15, -0.1) is 0 Å². The molecule has 1 aromatic rings. The number of hydrogen-bond acceptors (Lipinski definition) is 2. The van der Waals surface area contributed by atoms with Crippen molar-refractivity contribution < 1.29 is 4.74 Å². The molecule has 0 radical (unpaired) electrons. The van der Waals surface area contributed by atoms with Gasteiger partial charge in [0.25, 0.3) is 0 Å². The fraction of sp³-hybridized carbons (Fsp3) is 0.154. The predicted octanol–water partition coefficient (Wildman–Crippen LogP) is 3.09. The standard InChI is InChI=1S/C13H11NO/c1-2-4-12-10(3-1)5-6-11-7-8-14-9-13(11)15-12/h1,3,5-9H,2,4H2. The number of nitrogens with zero attached hydrogens (tertiary/aromatic N) is 1. The van der Waals surface area contributed by atoms with Crippen LogP contribution in [0.3, 0.4) is 0 Å². The molecule has 0 amide bonds. The minimum absolute atomic E-state index is 0.856. The van der Waals surface area contributed by atoms with Gasteiger partial charge in [-0.3, -0.25) is 4.98 Å². The lowest BCUT2D eigenvalue weighted by Gasteiger charge is -2.13. The van der Waals surface area contributed by atoms with Crippen LogP contribution in [-0.4, -0.2) is 4.98 Å². The number of allylic oxidation sites excluding steroid dienone is 5. The molecule has 0 atom stereocenters. The van der Waals surface area contributed by atoms with Crippen LogP contribution in [0.25, 0.3) is 6.08 Å². The van der Waals surface area contributed by atoms with Crippen molar-refractivity contribution in [1.29, 1.82) is 0 Å². The highest BCUT2D eigenvalue weighted by molar-refractivity contribution is 5.62. The van der Waals surface area contributed by atoms with Gasteiger partial charge in [0.2, 0.25) is 0 Å². The highest BCUT2D eigenvalue weighted by Crippen LogP contribution is 2.30. The molecular formula is C13H11NO. The van der Waals surface area contributed by atoms with E-state index in [1.54, 1.807) is 12.4 Å². The molecule has 1 aromatic heterocycles. The number of ether oxygens (including phenoxy) is 1. The first-order valence-electron chi connectivity index (χ1n) is 5.13. The van der Waals surface area contributed by atoms with Gasteiger partial charge in [-0.2, -0.15) is 0 Å². The van der Waals surface area contributed by atoms with E-state index in [4.69, 9.17) is 4.74 Å². The van der Waals surface area contributed by atoms with Crippen LogP contribution in [0.4, 0.5) is 0 Å². The van der Waals surface area contributed by atoms with Crippen LogP contribution >= 0.6 is 0 Å². The van der Waals surface area contributed by atoms with Gasteiger partial charge < -0.3 is 4.74 Å². The van der Waals surface area contributed by atoms with Crippen LogP contribution in [0.15, 0.2) is 48.0 Å². The van der Waals surface area contributed by atoms with Gasteiger partial charge in [-0.05, 0) is 12.5 Å². The molecule has 74 valence electrons. The molecule has 0 fully saturated rings. The predicted molar refractivity (Wildman–Crippen MR) is 59.3 cm³/mol. The fourth-order valence-corrected chi connectivity index (χ4v) is 1.85. The normalized spacial score (nSPS) is 17.9. The molecule has 0 saturated heterocycles. The fourth-order valence-electron chi connectivity index (χ4n) is 1.85. The lowest BCUT2D eigenvalue weighted by atomic mass is 10.0. The molecule has 1 aliphatic heterocycles. The van der Waals surface area contributed by atoms with Gasteiger partial charge in [0, 0.05) is 23.8 Å². The maximum Gasteiger partial charge on any atom is 0.152 e. The average molecular weight is 197 g/mol. The van der Waals surface area contributed by atoms with E-state index in [1.807, 2.05) is 6.07 Å². The largest absolute Gasteiger partial charge is 0.459 e. The average Bonchev–Trinajstić information content (AvgIpc) is 2.48. The zero-order valence-electron chi connectivity index (χ0n) is 8.31.